The minimum atomic E-state index is -0.459. The number of methoxy groups -OCH3 is 2. The summed E-state index contributed by atoms with van der Waals surface area (Å²) in [4.78, 5) is 2.32. The van der Waals surface area contributed by atoms with Crippen LogP contribution in [0.1, 0.15) is 31.1 Å². The van der Waals surface area contributed by atoms with Gasteiger partial charge < -0.3 is 14.6 Å². The highest BCUT2D eigenvalue weighted by Crippen LogP contribution is 2.37. The van der Waals surface area contributed by atoms with E-state index in [9.17, 15) is 5.11 Å². The highest BCUT2D eigenvalue weighted by Gasteiger charge is 2.36. The molecule has 0 bridgehead atoms. The van der Waals surface area contributed by atoms with Crippen molar-refractivity contribution < 1.29 is 14.6 Å². The summed E-state index contributed by atoms with van der Waals surface area (Å²) >= 11 is 0. The molecule has 2 rings (SSSR count). The van der Waals surface area contributed by atoms with Crippen molar-refractivity contribution in [3.05, 3.63) is 29.3 Å². The van der Waals surface area contributed by atoms with Crippen LogP contribution < -0.4 is 4.74 Å². The summed E-state index contributed by atoms with van der Waals surface area (Å²) in [6, 6.07) is 6.39. The SMILES string of the molecule is CCN(C(C)COC)C1Cc2ccc(OC)cc2C1O. The second kappa shape index (κ2) is 6.57. The molecule has 3 unspecified atom stereocenters. The van der Waals surface area contributed by atoms with Crippen LogP contribution in [0.2, 0.25) is 0 Å². The number of fused-ring (bicyclic) bond motifs is 1. The van der Waals surface area contributed by atoms with E-state index in [1.165, 1.54) is 5.56 Å². The van der Waals surface area contributed by atoms with Crippen molar-refractivity contribution >= 4 is 0 Å². The van der Waals surface area contributed by atoms with Gasteiger partial charge in [-0.15, -0.1) is 0 Å². The maximum absolute atomic E-state index is 10.6. The highest BCUT2D eigenvalue weighted by molar-refractivity contribution is 5.41. The highest BCUT2D eigenvalue weighted by atomic mass is 16.5. The van der Waals surface area contributed by atoms with Crippen LogP contribution in [0, 0.1) is 0 Å². The lowest BCUT2D eigenvalue weighted by Gasteiger charge is -2.35. The van der Waals surface area contributed by atoms with Gasteiger partial charge in [-0.3, -0.25) is 4.90 Å². The molecule has 1 aromatic rings. The van der Waals surface area contributed by atoms with Gasteiger partial charge in [-0.05, 0) is 43.1 Å². The van der Waals surface area contributed by atoms with Crippen LogP contribution in [0.5, 0.6) is 5.75 Å². The maximum atomic E-state index is 10.6. The lowest BCUT2D eigenvalue weighted by atomic mass is 10.1. The van der Waals surface area contributed by atoms with E-state index in [1.54, 1.807) is 14.2 Å². The van der Waals surface area contributed by atoms with Crippen molar-refractivity contribution in [2.45, 2.75) is 38.5 Å². The molecular formula is C16H25NO3. The zero-order valence-electron chi connectivity index (χ0n) is 12.8. The Kier molecular flexibility index (Phi) is 5.02. The van der Waals surface area contributed by atoms with Gasteiger partial charge in [0.2, 0.25) is 0 Å². The smallest absolute Gasteiger partial charge is 0.119 e. The molecule has 1 aromatic carbocycles. The maximum Gasteiger partial charge on any atom is 0.119 e. The van der Waals surface area contributed by atoms with E-state index in [-0.39, 0.29) is 6.04 Å². The van der Waals surface area contributed by atoms with E-state index < -0.39 is 6.10 Å². The van der Waals surface area contributed by atoms with Crippen molar-refractivity contribution in [2.75, 3.05) is 27.4 Å². The first-order valence-electron chi connectivity index (χ1n) is 7.21. The van der Waals surface area contributed by atoms with Gasteiger partial charge in [-0.1, -0.05) is 13.0 Å². The molecular weight excluding hydrogens is 254 g/mol. The molecule has 3 atom stereocenters. The van der Waals surface area contributed by atoms with Gasteiger partial charge >= 0.3 is 0 Å². The van der Waals surface area contributed by atoms with Gasteiger partial charge in [0.05, 0.1) is 19.8 Å². The summed E-state index contributed by atoms with van der Waals surface area (Å²) in [5, 5.41) is 10.6. The number of benzene rings is 1. The molecule has 0 radical (unpaired) electrons. The monoisotopic (exact) mass is 279 g/mol. The molecule has 4 nitrogen and oxygen atoms in total. The average molecular weight is 279 g/mol. The van der Waals surface area contributed by atoms with E-state index >= 15 is 0 Å². The molecule has 0 spiro atoms. The van der Waals surface area contributed by atoms with E-state index in [1.807, 2.05) is 12.1 Å². The van der Waals surface area contributed by atoms with Gasteiger partial charge in [0.1, 0.15) is 5.75 Å². The fraction of sp³-hybridized carbons (Fsp3) is 0.625. The zero-order chi connectivity index (χ0) is 14.7. The summed E-state index contributed by atoms with van der Waals surface area (Å²) in [7, 11) is 3.37. The molecule has 1 N–H and O–H groups in total. The van der Waals surface area contributed by atoms with Crippen LogP contribution >= 0.6 is 0 Å². The normalized spacial score (nSPS) is 22.9. The fourth-order valence-corrected chi connectivity index (χ4v) is 3.21. The van der Waals surface area contributed by atoms with Crippen LogP contribution in [-0.4, -0.2) is 49.5 Å². The van der Waals surface area contributed by atoms with Gasteiger partial charge in [0.25, 0.3) is 0 Å². The molecule has 1 aliphatic carbocycles. The lowest BCUT2D eigenvalue weighted by Crippen LogP contribution is -2.45. The van der Waals surface area contributed by atoms with Gasteiger partial charge in [-0.2, -0.15) is 0 Å². The van der Waals surface area contributed by atoms with Crippen LogP contribution in [0.25, 0.3) is 0 Å². The number of likely N-dealkylation sites (N-methyl/N-ethyl adjacent to an activating group) is 1. The standard InChI is InChI=1S/C16H25NO3/c1-5-17(11(2)10-19-3)15-8-12-6-7-13(20-4)9-14(12)16(15)18/h6-7,9,11,15-16,18H,5,8,10H2,1-4H3. The quantitative estimate of drug-likeness (QED) is 0.865. The molecule has 0 amide bonds. The largest absolute Gasteiger partial charge is 0.497 e. The summed E-state index contributed by atoms with van der Waals surface area (Å²) in [6.07, 6.45) is 0.418. The molecule has 20 heavy (non-hydrogen) atoms. The Bertz CT molecular complexity index is 449. The Morgan fingerprint density at radius 1 is 1.40 bits per heavy atom. The Balaban J connectivity index is 2.20. The number of ether oxygens (including phenoxy) is 2. The number of hydrogen-bond acceptors (Lipinski definition) is 4. The van der Waals surface area contributed by atoms with Gasteiger partial charge in [0.15, 0.2) is 0 Å². The molecule has 0 fully saturated rings. The van der Waals surface area contributed by atoms with Crippen molar-refractivity contribution in [1.82, 2.24) is 4.90 Å². The molecule has 0 aromatic heterocycles. The van der Waals surface area contributed by atoms with E-state index in [2.05, 4.69) is 24.8 Å². The summed E-state index contributed by atoms with van der Waals surface area (Å²) in [5.74, 6) is 0.802. The second-order valence-electron chi connectivity index (χ2n) is 5.42. The predicted octanol–water partition coefficient (Wildman–Crippen LogP) is 2.01. The first-order valence-corrected chi connectivity index (χ1v) is 7.21. The fourth-order valence-electron chi connectivity index (χ4n) is 3.21. The van der Waals surface area contributed by atoms with Gasteiger partial charge in [-0.25, -0.2) is 0 Å². The van der Waals surface area contributed by atoms with Crippen molar-refractivity contribution in [3.8, 4) is 5.75 Å². The van der Waals surface area contributed by atoms with Crippen LogP contribution in [-0.2, 0) is 11.2 Å². The second-order valence-corrected chi connectivity index (χ2v) is 5.42. The third-order valence-electron chi connectivity index (χ3n) is 4.23. The van der Waals surface area contributed by atoms with Crippen molar-refractivity contribution in [1.29, 1.82) is 0 Å². The van der Waals surface area contributed by atoms with Crippen LogP contribution in [0.3, 0.4) is 0 Å². The Labute approximate surface area is 121 Å². The summed E-state index contributed by atoms with van der Waals surface area (Å²) in [5.41, 5.74) is 2.21. The number of nitrogens with zero attached hydrogens (tertiary/aromatic N) is 1. The first-order chi connectivity index (χ1) is 9.62. The van der Waals surface area contributed by atoms with Gasteiger partial charge in [0, 0.05) is 19.2 Å². The molecule has 1 aliphatic rings. The van der Waals surface area contributed by atoms with E-state index in [0.29, 0.717) is 12.6 Å². The molecule has 112 valence electrons. The molecule has 0 heterocycles. The van der Waals surface area contributed by atoms with Crippen molar-refractivity contribution in [3.63, 3.8) is 0 Å². The average Bonchev–Trinajstić information content (AvgIpc) is 2.77. The van der Waals surface area contributed by atoms with Crippen LogP contribution in [0.4, 0.5) is 0 Å². The predicted molar refractivity (Wildman–Crippen MR) is 79.2 cm³/mol. The number of rotatable bonds is 6. The third kappa shape index (κ3) is 2.82. The topological polar surface area (TPSA) is 41.9 Å². The van der Waals surface area contributed by atoms with E-state index in [4.69, 9.17) is 9.47 Å². The summed E-state index contributed by atoms with van der Waals surface area (Å²) < 4.78 is 10.5. The molecule has 4 heteroatoms. The van der Waals surface area contributed by atoms with Crippen molar-refractivity contribution in [2.24, 2.45) is 0 Å². The Morgan fingerprint density at radius 3 is 2.75 bits per heavy atom. The Hall–Kier alpha value is -1.10. The van der Waals surface area contributed by atoms with Crippen LogP contribution in [0.15, 0.2) is 18.2 Å². The molecule has 0 saturated heterocycles. The minimum absolute atomic E-state index is 0.118. The molecule has 0 saturated carbocycles. The molecule has 0 aliphatic heterocycles. The third-order valence-corrected chi connectivity index (χ3v) is 4.23. The minimum Gasteiger partial charge on any atom is -0.497 e. The van der Waals surface area contributed by atoms with E-state index in [0.717, 1.165) is 24.3 Å². The number of aliphatic hydroxyl groups excluding tert-OH is 1. The summed E-state index contributed by atoms with van der Waals surface area (Å²) in [6.45, 7) is 5.85. The zero-order valence-corrected chi connectivity index (χ0v) is 12.8. The first kappa shape index (κ1) is 15.3. The lowest BCUT2D eigenvalue weighted by molar-refractivity contribution is 0.0159. The Morgan fingerprint density at radius 2 is 2.15 bits per heavy atom. The number of aliphatic hydroxyl groups is 1. The number of hydrogen-bond donors (Lipinski definition) is 1.